The highest BCUT2D eigenvalue weighted by Gasteiger charge is 2.30. The van der Waals surface area contributed by atoms with E-state index >= 15 is 0 Å². The van der Waals surface area contributed by atoms with Crippen molar-refractivity contribution in [3.63, 3.8) is 0 Å². The Bertz CT molecular complexity index is 415. The van der Waals surface area contributed by atoms with Gasteiger partial charge in [-0.05, 0) is 51.5 Å². The first-order chi connectivity index (χ1) is 12.0. The summed E-state index contributed by atoms with van der Waals surface area (Å²) in [4.78, 5) is 20.9. The molecule has 1 aliphatic rings. The van der Waals surface area contributed by atoms with Gasteiger partial charge < -0.3 is 15.5 Å². The molecule has 0 radical (unpaired) electrons. The Morgan fingerprint density at radius 2 is 2.00 bits per heavy atom. The maximum Gasteiger partial charge on any atom is 0.239 e. The van der Waals surface area contributed by atoms with Crippen LogP contribution in [0.25, 0.3) is 0 Å². The van der Waals surface area contributed by atoms with E-state index in [2.05, 4.69) is 41.3 Å². The highest BCUT2D eigenvalue weighted by atomic mass is 127. The van der Waals surface area contributed by atoms with Crippen LogP contribution in [0.4, 0.5) is 0 Å². The number of carbonyl (C=O) groups excluding carboxylic acids is 1. The molecule has 1 amide bonds. The molecule has 1 atom stereocenters. The summed E-state index contributed by atoms with van der Waals surface area (Å²) in [6, 6.07) is 0.0707. The van der Waals surface area contributed by atoms with E-state index in [9.17, 15) is 4.79 Å². The smallest absolute Gasteiger partial charge is 0.239 e. The lowest BCUT2D eigenvalue weighted by molar-refractivity contribution is -0.133. The van der Waals surface area contributed by atoms with Crippen LogP contribution in [0.3, 0.4) is 0 Å². The van der Waals surface area contributed by atoms with Crippen molar-refractivity contribution in [1.82, 2.24) is 20.4 Å². The number of aliphatic imine (C=N–C) groups is 1. The summed E-state index contributed by atoms with van der Waals surface area (Å²) in [5.74, 6) is 1.90. The zero-order chi connectivity index (χ0) is 18.7. The Kier molecular flexibility index (Phi) is 14.2. The van der Waals surface area contributed by atoms with Gasteiger partial charge >= 0.3 is 0 Å². The number of nitrogens with zero attached hydrogens (tertiary/aromatic N) is 3. The molecule has 0 aromatic carbocycles. The largest absolute Gasteiger partial charge is 0.357 e. The van der Waals surface area contributed by atoms with E-state index in [1.807, 2.05) is 14.1 Å². The Labute approximate surface area is 177 Å². The number of guanidine groups is 1. The van der Waals surface area contributed by atoms with Crippen LogP contribution >= 0.6 is 24.0 Å². The van der Waals surface area contributed by atoms with Crippen molar-refractivity contribution in [3.8, 4) is 0 Å². The van der Waals surface area contributed by atoms with Crippen LogP contribution < -0.4 is 10.6 Å². The van der Waals surface area contributed by atoms with Gasteiger partial charge in [-0.1, -0.05) is 13.8 Å². The number of hydrogen-bond donors (Lipinski definition) is 2. The van der Waals surface area contributed by atoms with E-state index in [-0.39, 0.29) is 35.9 Å². The average Bonchev–Trinajstić information content (AvgIpc) is 3.02. The van der Waals surface area contributed by atoms with Crippen molar-refractivity contribution in [1.29, 1.82) is 0 Å². The molecule has 0 saturated carbocycles. The summed E-state index contributed by atoms with van der Waals surface area (Å²) in [6.45, 7) is 11.2. The zero-order valence-electron chi connectivity index (χ0n) is 17.4. The quantitative estimate of drug-likeness (QED) is 0.218. The average molecular weight is 481 g/mol. The van der Waals surface area contributed by atoms with E-state index < -0.39 is 0 Å². The standard InChI is InChI=1S/C19H39N5O.HI/c1-6-20-19(21-12-7-10-16(2)3)22-13-9-15-24-14-8-11-17(24)18(25)23(4)5;/h16-17H,6-15H2,1-5H3,(H2,20,21,22);1H. The molecule has 1 aliphatic heterocycles. The number of likely N-dealkylation sites (tertiary alicyclic amines) is 1. The predicted molar refractivity (Wildman–Crippen MR) is 121 cm³/mol. The summed E-state index contributed by atoms with van der Waals surface area (Å²) in [7, 11) is 3.69. The SMILES string of the molecule is CCNC(=NCCCN1CCCC1C(=O)N(C)C)NCCCC(C)C.I. The molecule has 6 nitrogen and oxygen atoms in total. The Morgan fingerprint density at radius 3 is 2.62 bits per heavy atom. The predicted octanol–water partition coefficient (Wildman–Crippen LogP) is 2.54. The van der Waals surface area contributed by atoms with E-state index in [0.717, 1.165) is 63.9 Å². The van der Waals surface area contributed by atoms with Crippen molar-refractivity contribution in [2.24, 2.45) is 10.9 Å². The molecule has 1 heterocycles. The lowest BCUT2D eigenvalue weighted by Gasteiger charge is -2.25. The van der Waals surface area contributed by atoms with Gasteiger partial charge in [-0.3, -0.25) is 14.7 Å². The summed E-state index contributed by atoms with van der Waals surface area (Å²) >= 11 is 0. The maximum absolute atomic E-state index is 12.2. The first-order valence-electron chi connectivity index (χ1n) is 9.93. The van der Waals surface area contributed by atoms with Gasteiger partial charge in [0.15, 0.2) is 5.96 Å². The minimum Gasteiger partial charge on any atom is -0.357 e. The van der Waals surface area contributed by atoms with Crippen molar-refractivity contribution in [3.05, 3.63) is 0 Å². The summed E-state index contributed by atoms with van der Waals surface area (Å²) in [5.41, 5.74) is 0. The summed E-state index contributed by atoms with van der Waals surface area (Å²) in [6.07, 6.45) is 5.50. The van der Waals surface area contributed by atoms with Crippen molar-refractivity contribution < 1.29 is 4.79 Å². The molecule has 0 aromatic rings. The third kappa shape index (κ3) is 9.94. The monoisotopic (exact) mass is 481 g/mol. The molecule has 0 aliphatic carbocycles. The van der Waals surface area contributed by atoms with Crippen LogP contribution in [-0.4, -0.2) is 74.5 Å². The topological polar surface area (TPSA) is 60.0 Å². The van der Waals surface area contributed by atoms with Crippen LogP contribution in [-0.2, 0) is 4.79 Å². The molecule has 0 spiro atoms. The van der Waals surface area contributed by atoms with Crippen molar-refractivity contribution >= 4 is 35.8 Å². The number of likely N-dealkylation sites (N-methyl/N-ethyl adjacent to an activating group) is 1. The van der Waals surface area contributed by atoms with Crippen LogP contribution in [0, 0.1) is 5.92 Å². The van der Waals surface area contributed by atoms with Gasteiger partial charge in [0.1, 0.15) is 0 Å². The van der Waals surface area contributed by atoms with Gasteiger partial charge in [0.05, 0.1) is 6.04 Å². The van der Waals surface area contributed by atoms with Crippen LogP contribution in [0.1, 0.15) is 52.9 Å². The number of carbonyl (C=O) groups is 1. The van der Waals surface area contributed by atoms with Crippen molar-refractivity contribution in [2.45, 2.75) is 58.9 Å². The van der Waals surface area contributed by atoms with Gasteiger partial charge in [0.25, 0.3) is 0 Å². The van der Waals surface area contributed by atoms with E-state index in [0.29, 0.717) is 0 Å². The highest BCUT2D eigenvalue weighted by Crippen LogP contribution is 2.18. The minimum absolute atomic E-state index is 0. The van der Waals surface area contributed by atoms with E-state index in [1.54, 1.807) is 4.90 Å². The van der Waals surface area contributed by atoms with Gasteiger partial charge in [-0.25, -0.2) is 0 Å². The Balaban J connectivity index is 0.00000625. The number of amides is 1. The second kappa shape index (κ2) is 14.5. The second-order valence-corrected chi connectivity index (χ2v) is 7.50. The molecule has 1 saturated heterocycles. The Morgan fingerprint density at radius 1 is 1.27 bits per heavy atom. The number of hydrogen-bond acceptors (Lipinski definition) is 3. The number of halogens is 1. The Hall–Kier alpha value is -0.570. The second-order valence-electron chi connectivity index (χ2n) is 7.50. The van der Waals surface area contributed by atoms with Gasteiger partial charge in [0.2, 0.25) is 5.91 Å². The van der Waals surface area contributed by atoms with Crippen LogP contribution in [0.2, 0.25) is 0 Å². The summed E-state index contributed by atoms with van der Waals surface area (Å²) in [5, 5.41) is 6.72. The van der Waals surface area contributed by atoms with E-state index in [4.69, 9.17) is 0 Å². The molecule has 154 valence electrons. The fourth-order valence-corrected chi connectivity index (χ4v) is 3.19. The lowest BCUT2D eigenvalue weighted by Crippen LogP contribution is -2.43. The van der Waals surface area contributed by atoms with Gasteiger partial charge in [-0.2, -0.15) is 0 Å². The van der Waals surface area contributed by atoms with Crippen molar-refractivity contribution in [2.75, 3.05) is 46.8 Å². The molecular weight excluding hydrogens is 441 g/mol. The molecule has 26 heavy (non-hydrogen) atoms. The number of nitrogens with one attached hydrogen (secondary N) is 2. The molecule has 0 aromatic heterocycles. The number of rotatable bonds is 10. The lowest BCUT2D eigenvalue weighted by atomic mass is 10.1. The molecule has 1 unspecified atom stereocenters. The highest BCUT2D eigenvalue weighted by molar-refractivity contribution is 14.0. The first kappa shape index (κ1) is 25.4. The third-order valence-corrected chi connectivity index (χ3v) is 4.56. The molecule has 7 heteroatoms. The maximum atomic E-state index is 12.2. The molecular formula is C19H40IN5O. The molecule has 1 rings (SSSR count). The summed E-state index contributed by atoms with van der Waals surface area (Å²) < 4.78 is 0. The van der Waals surface area contributed by atoms with Crippen LogP contribution in [0.15, 0.2) is 4.99 Å². The fraction of sp³-hybridized carbons (Fsp3) is 0.895. The van der Waals surface area contributed by atoms with E-state index in [1.165, 1.54) is 12.8 Å². The van der Waals surface area contributed by atoms with Crippen LogP contribution in [0.5, 0.6) is 0 Å². The molecule has 2 N–H and O–H groups in total. The third-order valence-electron chi connectivity index (χ3n) is 4.56. The zero-order valence-corrected chi connectivity index (χ0v) is 19.7. The molecule has 0 bridgehead atoms. The fourth-order valence-electron chi connectivity index (χ4n) is 3.19. The normalized spacial score (nSPS) is 17.9. The van der Waals surface area contributed by atoms with Gasteiger partial charge in [0, 0.05) is 40.3 Å². The van der Waals surface area contributed by atoms with Gasteiger partial charge in [-0.15, -0.1) is 24.0 Å². The first-order valence-corrected chi connectivity index (χ1v) is 9.93. The minimum atomic E-state index is 0. The molecule has 1 fully saturated rings.